The first kappa shape index (κ1) is 11.1. The van der Waals surface area contributed by atoms with Crippen LogP contribution in [0.3, 0.4) is 0 Å². The summed E-state index contributed by atoms with van der Waals surface area (Å²) in [6, 6.07) is 1.87. The lowest BCUT2D eigenvalue weighted by Crippen LogP contribution is -2.08. The van der Waals surface area contributed by atoms with Gasteiger partial charge >= 0.3 is 0 Å². The number of rotatable bonds is 2. The standard InChI is InChI=1S/C13H14N4O/c1-17-13(3-2-10-4-6-14-9-15-10)11-8-18-7-5-12(11)16-17/h2-4,6,9H,5,7-8H2,1H3/b3-2+. The lowest BCUT2D eigenvalue weighted by molar-refractivity contribution is 0.110. The van der Waals surface area contributed by atoms with E-state index >= 15 is 0 Å². The van der Waals surface area contributed by atoms with Crippen LogP contribution >= 0.6 is 0 Å². The van der Waals surface area contributed by atoms with Crippen LogP contribution in [-0.4, -0.2) is 26.4 Å². The molecule has 2 aromatic heterocycles. The molecule has 1 aliphatic heterocycles. The van der Waals surface area contributed by atoms with Gasteiger partial charge in [0.15, 0.2) is 0 Å². The van der Waals surface area contributed by atoms with Crippen LogP contribution in [-0.2, 0) is 24.8 Å². The average molecular weight is 242 g/mol. The zero-order chi connectivity index (χ0) is 12.4. The average Bonchev–Trinajstić information content (AvgIpc) is 2.73. The van der Waals surface area contributed by atoms with Gasteiger partial charge in [-0.2, -0.15) is 5.10 Å². The molecule has 5 heteroatoms. The number of ether oxygens (including phenoxy) is 1. The zero-order valence-electron chi connectivity index (χ0n) is 10.2. The van der Waals surface area contributed by atoms with Crippen molar-refractivity contribution in [1.29, 1.82) is 0 Å². The van der Waals surface area contributed by atoms with Crippen LogP contribution in [0, 0.1) is 0 Å². The minimum absolute atomic E-state index is 0.645. The molecule has 0 spiro atoms. The summed E-state index contributed by atoms with van der Waals surface area (Å²) in [5.74, 6) is 0. The maximum Gasteiger partial charge on any atom is 0.115 e. The largest absolute Gasteiger partial charge is 0.376 e. The van der Waals surface area contributed by atoms with Gasteiger partial charge in [0, 0.05) is 25.2 Å². The number of fused-ring (bicyclic) bond motifs is 1. The van der Waals surface area contributed by atoms with E-state index in [1.54, 1.807) is 12.5 Å². The van der Waals surface area contributed by atoms with Gasteiger partial charge in [-0.25, -0.2) is 9.97 Å². The molecule has 0 amide bonds. The first-order valence-corrected chi connectivity index (χ1v) is 5.91. The van der Waals surface area contributed by atoms with E-state index in [1.165, 1.54) is 5.56 Å². The van der Waals surface area contributed by atoms with E-state index in [4.69, 9.17) is 4.74 Å². The summed E-state index contributed by atoms with van der Waals surface area (Å²) in [5, 5.41) is 4.52. The Morgan fingerprint density at radius 1 is 1.39 bits per heavy atom. The third-order valence-corrected chi connectivity index (χ3v) is 3.02. The van der Waals surface area contributed by atoms with E-state index in [9.17, 15) is 0 Å². The van der Waals surface area contributed by atoms with Crippen LogP contribution in [0.1, 0.15) is 22.6 Å². The van der Waals surface area contributed by atoms with Gasteiger partial charge in [0.2, 0.25) is 0 Å². The SMILES string of the molecule is Cn1nc2c(c1/C=C/c1ccncn1)COCC2. The molecule has 0 saturated carbocycles. The van der Waals surface area contributed by atoms with Gasteiger partial charge in [0.25, 0.3) is 0 Å². The van der Waals surface area contributed by atoms with Gasteiger partial charge in [-0.05, 0) is 18.2 Å². The molecule has 2 aromatic rings. The molecule has 0 unspecified atom stereocenters. The maximum atomic E-state index is 5.49. The van der Waals surface area contributed by atoms with Crippen LogP contribution in [0.2, 0.25) is 0 Å². The monoisotopic (exact) mass is 242 g/mol. The molecule has 18 heavy (non-hydrogen) atoms. The molecule has 0 atom stereocenters. The molecule has 92 valence electrons. The van der Waals surface area contributed by atoms with Gasteiger partial charge in [-0.1, -0.05) is 0 Å². The van der Waals surface area contributed by atoms with E-state index in [0.29, 0.717) is 6.61 Å². The van der Waals surface area contributed by atoms with Crippen LogP contribution in [0.25, 0.3) is 12.2 Å². The van der Waals surface area contributed by atoms with Crippen molar-refractivity contribution in [3.8, 4) is 0 Å². The topological polar surface area (TPSA) is 52.8 Å². The second-order valence-electron chi connectivity index (χ2n) is 4.20. The fraction of sp³-hybridized carbons (Fsp3) is 0.308. The van der Waals surface area contributed by atoms with Crippen LogP contribution < -0.4 is 0 Å². The lowest BCUT2D eigenvalue weighted by Gasteiger charge is -2.10. The summed E-state index contributed by atoms with van der Waals surface area (Å²) in [5.41, 5.74) is 4.31. The molecule has 0 aromatic carbocycles. The zero-order valence-corrected chi connectivity index (χ0v) is 10.2. The molecule has 0 radical (unpaired) electrons. The summed E-state index contributed by atoms with van der Waals surface area (Å²) >= 11 is 0. The smallest absolute Gasteiger partial charge is 0.115 e. The normalized spacial score (nSPS) is 14.9. The molecular weight excluding hydrogens is 228 g/mol. The molecule has 3 rings (SSSR count). The van der Waals surface area contributed by atoms with E-state index < -0.39 is 0 Å². The van der Waals surface area contributed by atoms with Gasteiger partial charge in [0.1, 0.15) is 6.33 Å². The molecular formula is C13H14N4O. The van der Waals surface area contributed by atoms with Crippen molar-refractivity contribution in [1.82, 2.24) is 19.7 Å². The van der Waals surface area contributed by atoms with E-state index in [-0.39, 0.29) is 0 Å². The third kappa shape index (κ3) is 2.04. The number of hydrogen-bond acceptors (Lipinski definition) is 4. The third-order valence-electron chi connectivity index (χ3n) is 3.02. The Bertz CT molecular complexity index is 574. The maximum absolute atomic E-state index is 5.49. The minimum Gasteiger partial charge on any atom is -0.376 e. The summed E-state index contributed by atoms with van der Waals surface area (Å²) in [7, 11) is 1.96. The lowest BCUT2D eigenvalue weighted by atomic mass is 10.1. The summed E-state index contributed by atoms with van der Waals surface area (Å²) in [6.07, 6.45) is 8.16. The van der Waals surface area contributed by atoms with Crippen molar-refractivity contribution in [3.05, 3.63) is 41.2 Å². The predicted octanol–water partition coefficient (Wildman–Crippen LogP) is 1.45. The highest BCUT2D eigenvalue weighted by Gasteiger charge is 2.17. The first-order valence-electron chi connectivity index (χ1n) is 5.91. The Balaban J connectivity index is 1.93. The fourth-order valence-corrected chi connectivity index (χ4v) is 2.11. The molecule has 0 fully saturated rings. The molecule has 0 bridgehead atoms. The van der Waals surface area contributed by atoms with Gasteiger partial charge in [0.05, 0.1) is 30.3 Å². The quantitative estimate of drug-likeness (QED) is 0.800. The van der Waals surface area contributed by atoms with E-state index in [1.807, 2.05) is 29.9 Å². The number of aryl methyl sites for hydroxylation is 1. The fourth-order valence-electron chi connectivity index (χ4n) is 2.11. The highest BCUT2D eigenvalue weighted by Crippen LogP contribution is 2.21. The van der Waals surface area contributed by atoms with E-state index in [0.717, 1.165) is 30.1 Å². The Kier molecular flexibility index (Phi) is 2.90. The summed E-state index contributed by atoms with van der Waals surface area (Å²) in [6.45, 7) is 1.41. The predicted molar refractivity (Wildman–Crippen MR) is 67.5 cm³/mol. The van der Waals surface area contributed by atoms with Crippen molar-refractivity contribution >= 4 is 12.2 Å². The Morgan fingerprint density at radius 2 is 2.33 bits per heavy atom. The molecule has 1 aliphatic rings. The number of hydrogen-bond donors (Lipinski definition) is 0. The molecule has 0 saturated heterocycles. The van der Waals surface area contributed by atoms with Crippen LogP contribution in [0.15, 0.2) is 18.6 Å². The second-order valence-corrected chi connectivity index (χ2v) is 4.20. The van der Waals surface area contributed by atoms with E-state index in [2.05, 4.69) is 15.1 Å². The highest BCUT2D eigenvalue weighted by atomic mass is 16.5. The van der Waals surface area contributed by atoms with Crippen molar-refractivity contribution in [2.75, 3.05) is 6.61 Å². The molecule has 0 aliphatic carbocycles. The number of aromatic nitrogens is 4. The first-order chi connectivity index (χ1) is 8.84. The van der Waals surface area contributed by atoms with Crippen molar-refractivity contribution in [2.45, 2.75) is 13.0 Å². The van der Waals surface area contributed by atoms with Crippen LogP contribution in [0.5, 0.6) is 0 Å². The summed E-state index contributed by atoms with van der Waals surface area (Å²) < 4.78 is 7.39. The molecule has 0 N–H and O–H groups in total. The molecule has 3 heterocycles. The summed E-state index contributed by atoms with van der Waals surface area (Å²) in [4.78, 5) is 8.06. The number of nitrogens with zero attached hydrogens (tertiary/aromatic N) is 4. The Labute approximate surface area is 105 Å². The second kappa shape index (κ2) is 4.70. The van der Waals surface area contributed by atoms with Crippen molar-refractivity contribution < 1.29 is 4.74 Å². The Hall–Kier alpha value is -2.01. The minimum atomic E-state index is 0.645. The van der Waals surface area contributed by atoms with Crippen molar-refractivity contribution in [3.63, 3.8) is 0 Å². The Morgan fingerprint density at radius 3 is 3.17 bits per heavy atom. The van der Waals surface area contributed by atoms with Crippen LogP contribution in [0.4, 0.5) is 0 Å². The molecule has 5 nitrogen and oxygen atoms in total. The van der Waals surface area contributed by atoms with Gasteiger partial charge < -0.3 is 4.74 Å². The van der Waals surface area contributed by atoms with Gasteiger partial charge in [-0.15, -0.1) is 0 Å². The van der Waals surface area contributed by atoms with Crippen molar-refractivity contribution in [2.24, 2.45) is 7.05 Å². The van der Waals surface area contributed by atoms with Gasteiger partial charge in [-0.3, -0.25) is 4.68 Å². The highest BCUT2D eigenvalue weighted by molar-refractivity contribution is 5.68.